The second kappa shape index (κ2) is 6.88. The molecule has 3 rings (SSSR count). The van der Waals surface area contributed by atoms with Gasteiger partial charge in [-0.3, -0.25) is 4.79 Å². The second-order valence-electron chi connectivity index (χ2n) is 5.39. The maximum absolute atomic E-state index is 12.3. The molecule has 1 aromatic carbocycles. The van der Waals surface area contributed by atoms with E-state index in [-0.39, 0.29) is 5.91 Å². The summed E-state index contributed by atoms with van der Waals surface area (Å²) in [5.41, 5.74) is 2.78. The van der Waals surface area contributed by atoms with Gasteiger partial charge in [0, 0.05) is 16.4 Å². The normalized spacial score (nSPS) is 10.8. The van der Waals surface area contributed by atoms with Crippen molar-refractivity contribution in [3.63, 3.8) is 0 Å². The van der Waals surface area contributed by atoms with E-state index in [9.17, 15) is 4.79 Å². The van der Waals surface area contributed by atoms with Crippen LogP contribution in [0.15, 0.2) is 36.5 Å². The first-order valence-electron chi connectivity index (χ1n) is 7.53. The molecule has 0 aliphatic heterocycles. The van der Waals surface area contributed by atoms with E-state index >= 15 is 0 Å². The van der Waals surface area contributed by atoms with Crippen LogP contribution in [0.1, 0.15) is 21.7 Å². The number of nitrogens with zero attached hydrogens (tertiary/aromatic N) is 3. The van der Waals surface area contributed by atoms with Crippen molar-refractivity contribution < 1.29 is 9.53 Å². The third-order valence-corrected chi connectivity index (χ3v) is 3.71. The van der Waals surface area contributed by atoms with Gasteiger partial charge in [-0.25, -0.2) is 9.50 Å². The fourth-order valence-electron chi connectivity index (χ4n) is 2.42. The lowest BCUT2D eigenvalue weighted by molar-refractivity contribution is 0.0948. The number of aryl methyl sites for hydroxylation is 2. The van der Waals surface area contributed by atoms with E-state index in [2.05, 4.69) is 15.4 Å². The molecule has 2 heterocycles. The predicted octanol–water partition coefficient (Wildman–Crippen LogP) is 2.81. The van der Waals surface area contributed by atoms with Crippen molar-refractivity contribution in [1.29, 1.82) is 0 Å². The molecule has 6 nitrogen and oxygen atoms in total. The van der Waals surface area contributed by atoms with Crippen LogP contribution < -0.4 is 10.1 Å². The van der Waals surface area contributed by atoms with E-state index in [1.807, 2.05) is 32.0 Å². The maximum Gasteiger partial charge on any atom is 0.256 e. The number of carbonyl (C=O) groups is 1. The molecular formula is C17H17ClN4O2. The molecule has 1 N–H and O–H groups in total. The number of ether oxygens (including phenoxy) is 1. The Hall–Kier alpha value is -2.60. The third kappa shape index (κ3) is 3.49. The summed E-state index contributed by atoms with van der Waals surface area (Å²) in [5, 5.41) is 7.63. The van der Waals surface area contributed by atoms with Gasteiger partial charge in [0.2, 0.25) is 0 Å². The molecule has 7 heteroatoms. The molecule has 0 fully saturated rings. The number of hydrogen-bond donors (Lipinski definition) is 1. The first kappa shape index (κ1) is 16.3. The smallest absolute Gasteiger partial charge is 0.256 e. The van der Waals surface area contributed by atoms with E-state index in [1.54, 1.807) is 16.6 Å². The zero-order valence-corrected chi connectivity index (χ0v) is 14.2. The molecule has 2 aromatic heterocycles. The fraction of sp³-hybridized carbons (Fsp3) is 0.235. The number of hydrogen-bond acceptors (Lipinski definition) is 4. The molecule has 0 saturated carbocycles. The maximum atomic E-state index is 12.3. The van der Waals surface area contributed by atoms with Crippen molar-refractivity contribution in [2.24, 2.45) is 0 Å². The van der Waals surface area contributed by atoms with Crippen LogP contribution in [0.4, 0.5) is 0 Å². The van der Waals surface area contributed by atoms with Gasteiger partial charge < -0.3 is 10.1 Å². The molecule has 0 aliphatic rings. The van der Waals surface area contributed by atoms with Crippen LogP contribution in [-0.2, 0) is 0 Å². The van der Waals surface area contributed by atoms with Gasteiger partial charge in [-0.2, -0.15) is 5.10 Å². The molecule has 0 aliphatic carbocycles. The van der Waals surface area contributed by atoms with Gasteiger partial charge in [0.25, 0.3) is 5.91 Å². The van der Waals surface area contributed by atoms with Crippen LogP contribution in [0.3, 0.4) is 0 Å². The Morgan fingerprint density at radius 3 is 2.96 bits per heavy atom. The summed E-state index contributed by atoms with van der Waals surface area (Å²) in [4.78, 5) is 16.7. The number of halogens is 1. The van der Waals surface area contributed by atoms with Gasteiger partial charge in [-0.15, -0.1) is 0 Å². The second-order valence-corrected chi connectivity index (χ2v) is 5.83. The highest BCUT2D eigenvalue weighted by atomic mass is 35.5. The molecule has 0 saturated heterocycles. The van der Waals surface area contributed by atoms with Crippen LogP contribution >= 0.6 is 11.6 Å². The Bertz CT molecular complexity index is 891. The van der Waals surface area contributed by atoms with Crippen molar-refractivity contribution in [3.05, 3.63) is 58.5 Å². The lowest BCUT2D eigenvalue weighted by Gasteiger charge is -2.07. The quantitative estimate of drug-likeness (QED) is 0.723. The molecule has 0 atom stereocenters. The van der Waals surface area contributed by atoms with Crippen LogP contribution in [-0.4, -0.2) is 33.7 Å². The summed E-state index contributed by atoms with van der Waals surface area (Å²) >= 11 is 5.89. The highest BCUT2D eigenvalue weighted by molar-refractivity contribution is 6.30. The highest BCUT2D eigenvalue weighted by Gasteiger charge is 2.15. The van der Waals surface area contributed by atoms with Gasteiger partial charge in [0.1, 0.15) is 17.9 Å². The SMILES string of the molecule is Cc1cc(C)n2ncc(C(=O)NCCOc3cccc(Cl)c3)c2n1. The zero-order valence-electron chi connectivity index (χ0n) is 13.4. The fourth-order valence-corrected chi connectivity index (χ4v) is 2.60. The summed E-state index contributed by atoms with van der Waals surface area (Å²) < 4.78 is 7.20. The Morgan fingerprint density at radius 1 is 1.33 bits per heavy atom. The average molecular weight is 345 g/mol. The largest absolute Gasteiger partial charge is 0.492 e. The lowest BCUT2D eigenvalue weighted by atomic mass is 10.3. The molecule has 0 bridgehead atoms. The Morgan fingerprint density at radius 2 is 2.17 bits per heavy atom. The molecule has 24 heavy (non-hydrogen) atoms. The lowest BCUT2D eigenvalue weighted by Crippen LogP contribution is -2.28. The molecule has 0 spiro atoms. The van der Waals surface area contributed by atoms with Crippen LogP contribution in [0.2, 0.25) is 5.02 Å². The molecule has 3 aromatic rings. The molecule has 0 unspecified atom stereocenters. The van der Waals surface area contributed by atoms with E-state index in [0.29, 0.717) is 35.1 Å². The van der Waals surface area contributed by atoms with Crippen LogP contribution in [0.5, 0.6) is 5.75 Å². The monoisotopic (exact) mass is 344 g/mol. The topological polar surface area (TPSA) is 68.5 Å². The van der Waals surface area contributed by atoms with E-state index in [1.165, 1.54) is 6.20 Å². The number of rotatable bonds is 5. The number of carbonyl (C=O) groups excluding carboxylic acids is 1. The summed E-state index contributed by atoms with van der Waals surface area (Å²) in [5.74, 6) is 0.442. The van der Waals surface area contributed by atoms with Crippen molar-refractivity contribution >= 4 is 23.2 Å². The summed E-state index contributed by atoms with van der Waals surface area (Å²) in [6, 6.07) is 9.04. The van der Waals surface area contributed by atoms with Crippen molar-refractivity contribution in [1.82, 2.24) is 19.9 Å². The average Bonchev–Trinajstić information content (AvgIpc) is 2.95. The number of fused-ring (bicyclic) bond motifs is 1. The first-order chi connectivity index (χ1) is 11.5. The van der Waals surface area contributed by atoms with Gasteiger partial charge in [-0.1, -0.05) is 17.7 Å². The minimum absolute atomic E-state index is 0.225. The van der Waals surface area contributed by atoms with E-state index in [0.717, 1.165) is 11.4 Å². The Balaban J connectivity index is 1.61. The van der Waals surface area contributed by atoms with Gasteiger partial charge in [-0.05, 0) is 38.1 Å². The van der Waals surface area contributed by atoms with Crippen LogP contribution in [0.25, 0.3) is 5.65 Å². The highest BCUT2D eigenvalue weighted by Crippen LogP contribution is 2.16. The van der Waals surface area contributed by atoms with Gasteiger partial charge in [0.05, 0.1) is 12.7 Å². The number of benzene rings is 1. The minimum Gasteiger partial charge on any atom is -0.492 e. The standard InChI is InChI=1S/C17H17ClN4O2/c1-11-8-12(2)22-16(21-11)15(10-20-22)17(23)19-6-7-24-14-5-3-4-13(18)9-14/h3-5,8-10H,6-7H2,1-2H3,(H,19,23). The first-order valence-corrected chi connectivity index (χ1v) is 7.91. The molecule has 0 radical (unpaired) electrons. The van der Waals surface area contributed by atoms with Crippen molar-refractivity contribution in [2.45, 2.75) is 13.8 Å². The Kier molecular flexibility index (Phi) is 4.66. The number of aromatic nitrogens is 3. The number of amides is 1. The van der Waals surface area contributed by atoms with Crippen molar-refractivity contribution in [2.75, 3.05) is 13.2 Å². The minimum atomic E-state index is -0.225. The molecular weight excluding hydrogens is 328 g/mol. The zero-order chi connectivity index (χ0) is 17.1. The van der Waals surface area contributed by atoms with Gasteiger partial charge >= 0.3 is 0 Å². The van der Waals surface area contributed by atoms with Gasteiger partial charge in [0.15, 0.2) is 5.65 Å². The van der Waals surface area contributed by atoms with E-state index < -0.39 is 0 Å². The molecule has 124 valence electrons. The summed E-state index contributed by atoms with van der Waals surface area (Å²) in [6.45, 7) is 4.53. The van der Waals surface area contributed by atoms with Crippen molar-refractivity contribution in [3.8, 4) is 5.75 Å². The summed E-state index contributed by atoms with van der Waals surface area (Å²) in [7, 11) is 0. The predicted molar refractivity (Wildman–Crippen MR) is 91.7 cm³/mol. The van der Waals surface area contributed by atoms with E-state index in [4.69, 9.17) is 16.3 Å². The number of nitrogens with one attached hydrogen (secondary N) is 1. The summed E-state index contributed by atoms with van der Waals surface area (Å²) in [6.07, 6.45) is 1.53. The molecule has 1 amide bonds. The third-order valence-electron chi connectivity index (χ3n) is 3.48. The van der Waals surface area contributed by atoms with Crippen LogP contribution in [0, 0.1) is 13.8 Å². The Labute approximate surface area is 144 Å².